The number of nitrogens with zero attached hydrogens (tertiary/aromatic N) is 1. The van der Waals surface area contributed by atoms with E-state index in [9.17, 15) is 14.4 Å². The van der Waals surface area contributed by atoms with Crippen LogP contribution in [-0.2, 0) is 16.1 Å². The molecule has 0 unspecified atom stereocenters. The number of amides is 1. The fourth-order valence-corrected chi connectivity index (χ4v) is 3.40. The first kappa shape index (κ1) is 21.0. The first-order valence-corrected chi connectivity index (χ1v) is 9.95. The zero-order chi connectivity index (χ0) is 22.7. The molecule has 0 spiro atoms. The van der Waals surface area contributed by atoms with E-state index in [1.54, 1.807) is 37.3 Å². The lowest BCUT2D eigenvalue weighted by Crippen LogP contribution is -2.10. The Balaban J connectivity index is 1.55. The highest BCUT2D eigenvalue weighted by Gasteiger charge is 2.15. The van der Waals surface area contributed by atoms with Crippen LogP contribution in [0.15, 0.2) is 75.9 Å². The van der Waals surface area contributed by atoms with Crippen LogP contribution in [0.4, 0.5) is 5.69 Å². The number of hydrogen-bond acceptors (Lipinski definition) is 6. The predicted octanol–water partition coefficient (Wildman–Crippen LogP) is 4.48. The number of aromatic nitrogens is 1. The molecule has 0 aliphatic rings. The lowest BCUT2D eigenvalue weighted by atomic mass is 10.1. The van der Waals surface area contributed by atoms with Crippen LogP contribution < -0.4 is 10.9 Å². The van der Waals surface area contributed by atoms with Gasteiger partial charge in [-0.15, -0.1) is 0 Å². The highest BCUT2D eigenvalue weighted by molar-refractivity contribution is 5.93. The molecule has 32 heavy (non-hydrogen) atoms. The number of hydrogen-bond donors (Lipinski definition) is 1. The number of pyridine rings is 1. The third-order valence-electron chi connectivity index (χ3n) is 4.88. The maximum atomic E-state index is 12.7. The summed E-state index contributed by atoms with van der Waals surface area (Å²) >= 11 is 0. The first-order valence-electron chi connectivity index (χ1n) is 9.95. The van der Waals surface area contributed by atoms with Gasteiger partial charge in [0.25, 0.3) is 0 Å². The molecule has 0 bridgehead atoms. The molecule has 4 rings (SSSR count). The Bertz CT molecular complexity index is 1380. The third-order valence-corrected chi connectivity index (χ3v) is 4.88. The van der Waals surface area contributed by atoms with Gasteiger partial charge in [0.2, 0.25) is 5.91 Å². The van der Waals surface area contributed by atoms with Crippen molar-refractivity contribution in [1.29, 1.82) is 0 Å². The zero-order valence-corrected chi connectivity index (χ0v) is 17.5. The molecule has 0 atom stereocenters. The van der Waals surface area contributed by atoms with Crippen molar-refractivity contribution in [3.8, 4) is 11.3 Å². The van der Waals surface area contributed by atoms with Crippen molar-refractivity contribution >= 4 is 28.5 Å². The highest BCUT2D eigenvalue weighted by Crippen LogP contribution is 2.23. The Kier molecular flexibility index (Phi) is 5.81. The number of rotatable bonds is 5. The Morgan fingerprint density at radius 2 is 1.81 bits per heavy atom. The largest absolute Gasteiger partial charge is 0.457 e. The van der Waals surface area contributed by atoms with Crippen molar-refractivity contribution in [3.63, 3.8) is 0 Å². The first-order chi connectivity index (χ1) is 15.4. The molecule has 4 aromatic rings. The minimum absolute atomic E-state index is 0.111. The number of nitrogens with one attached hydrogen (secondary N) is 1. The molecule has 160 valence electrons. The monoisotopic (exact) mass is 428 g/mol. The van der Waals surface area contributed by atoms with Gasteiger partial charge in [-0.1, -0.05) is 30.3 Å². The number of ether oxygens (including phenoxy) is 1. The molecule has 0 aliphatic carbocycles. The van der Waals surface area contributed by atoms with Crippen molar-refractivity contribution in [2.45, 2.75) is 20.5 Å². The minimum Gasteiger partial charge on any atom is -0.457 e. The number of aryl methyl sites for hydroxylation is 1. The highest BCUT2D eigenvalue weighted by atomic mass is 16.5. The number of anilines is 1. The van der Waals surface area contributed by atoms with Crippen LogP contribution in [0.5, 0.6) is 0 Å². The van der Waals surface area contributed by atoms with Gasteiger partial charge in [-0.05, 0) is 31.2 Å². The van der Waals surface area contributed by atoms with E-state index in [0.29, 0.717) is 33.5 Å². The SMILES string of the molecule is CC(=O)Nc1ccc2c(COC(=O)c3ccc(-c4ccccc4)nc3C)cc(=O)oc2c1. The van der Waals surface area contributed by atoms with E-state index in [1.807, 2.05) is 30.3 Å². The van der Waals surface area contributed by atoms with Crippen LogP contribution in [0.25, 0.3) is 22.2 Å². The Morgan fingerprint density at radius 1 is 1.03 bits per heavy atom. The van der Waals surface area contributed by atoms with Crippen molar-refractivity contribution < 1.29 is 18.7 Å². The van der Waals surface area contributed by atoms with Gasteiger partial charge in [-0.3, -0.25) is 9.78 Å². The van der Waals surface area contributed by atoms with Crippen molar-refractivity contribution in [3.05, 3.63) is 94.0 Å². The summed E-state index contributed by atoms with van der Waals surface area (Å²) in [6, 6.07) is 19.4. The fraction of sp³-hybridized carbons (Fsp3) is 0.120. The maximum Gasteiger partial charge on any atom is 0.340 e. The molecule has 0 saturated heterocycles. The molecule has 0 saturated carbocycles. The van der Waals surface area contributed by atoms with E-state index >= 15 is 0 Å². The van der Waals surface area contributed by atoms with E-state index in [2.05, 4.69) is 10.3 Å². The lowest BCUT2D eigenvalue weighted by molar-refractivity contribution is -0.114. The van der Waals surface area contributed by atoms with Gasteiger partial charge in [0.15, 0.2) is 0 Å². The summed E-state index contributed by atoms with van der Waals surface area (Å²) in [6.07, 6.45) is 0. The van der Waals surface area contributed by atoms with Crippen LogP contribution >= 0.6 is 0 Å². The van der Waals surface area contributed by atoms with E-state index in [0.717, 1.165) is 11.3 Å². The lowest BCUT2D eigenvalue weighted by Gasteiger charge is -2.10. The third kappa shape index (κ3) is 4.57. The summed E-state index contributed by atoms with van der Waals surface area (Å²) in [5.41, 5.74) is 3.35. The van der Waals surface area contributed by atoms with E-state index < -0.39 is 11.6 Å². The van der Waals surface area contributed by atoms with Crippen LogP contribution in [0, 0.1) is 6.92 Å². The average molecular weight is 428 g/mol. The second-order valence-corrected chi connectivity index (χ2v) is 7.25. The van der Waals surface area contributed by atoms with Gasteiger partial charge in [0, 0.05) is 41.3 Å². The standard InChI is InChI=1S/C25H20N2O5/c1-15-20(10-11-22(26-15)17-6-4-3-5-7-17)25(30)31-14-18-12-24(29)32-23-13-19(27-16(2)28)8-9-21(18)23/h3-13H,14H2,1-2H3,(H,27,28). The number of fused-ring (bicyclic) bond motifs is 1. The second kappa shape index (κ2) is 8.85. The Labute approximate surface area is 183 Å². The molecule has 0 aliphatic heterocycles. The molecule has 1 N–H and O–H groups in total. The minimum atomic E-state index is -0.575. The topological polar surface area (TPSA) is 98.5 Å². The maximum absolute atomic E-state index is 12.7. The van der Waals surface area contributed by atoms with Crippen LogP contribution in [0.2, 0.25) is 0 Å². The van der Waals surface area contributed by atoms with Crippen molar-refractivity contribution in [1.82, 2.24) is 4.98 Å². The van der Waals surface area contributed by atoms with Crippen molar-refractivity contribution in [2.24, 2.45) is 0 Å². The summed E-state index contributed by atoms with van der Waals surface area (Å²) < 4.78 is 10.7. The smallest absolute Gasteiger partial charge is 0.340 e. The van der Waals surface area contributed by atoms with Crippen LogP contribution in [-0.4, -0.2) is 16.9 Å². The Hall–Kier alpha value is -4.26. The normalized spacial score (nSPS) is 10.7. The van der Waals surface area contributed by atoms with Gasteiger partial charge in [-0.25, -0.2) is 9.59 Å². The molecule has 0 fully saturated rings. The van der Waals surface area contributed by atoms with Gasteiger partial charge < -0.3 is 14.5 Å². The summed E-state index contributed by atoms with van der Waals surface area (Å²) in [5, 5.41) is 3.25. The van der Waals surface area contributed by atoms with Gasteiger partial charge >= 0.3 is 11.6 Å². The number of carbonyl (C=O) groups excluding carboxylic acids is 2. The van der Waals surface area contributed by atoms with Crippen LogP contribution in [0.3, 0.4) is 0 Å². The van der Waals surface area contributed by atoms with Gasteiger partial charge in [0.05, 0.1) is 17.0 Å². The summed E-state index contributed by atoms with van der Waals surface area (Å²) in [7, 11) is 0. The van der Waals surface area contributed by atoms with E-state index in [4.69, 9.17) is 9.15 Å². The number of esters is 1. The fourth-order valence-electron chi connectivity index (χ4n) is 3.40. The van der Waals surface area contributed by atoms with Crippen LogP contribution in [0.1, 0.15) is 28.5 Å². The zero-order valence-electron chi connectivity index (χ0n) is 17.5. The Morgan fingerprint density at radius 3 is 2.53 bits per heavy atom. The predicted molar refractivity (Wildman–Crippen MR) is 120 cm³/mol. The molecular formula is C25H20N2O5. The second-order valence-electron chi connectivity index (χ2n) is 7.25. The summed E-state index contributed by atoms with van der Waals surface area (Å²) in [4.78, 5) is 40.4. The molecule has 7 heteroatoms. The van der Waals surface area contributed by atoms with Crippen molar-refractivity contribution in [2.75, 3.05) is 5.32 Å². The molecule has 1 amide bonds. The quantitative estimate of drug-likeness (QED) is 0.372. The van der Waals surface area contributed by atoms with Gasteiger partial charge in [0.1, 0.15) is 12.2 Å². The molecule has 2 aromatic carbocycles. The van der Waals surface area contributed by atoms with E-state index in [-0.39, 0.29) is 12.5 Å². The molecule has 2 aromatic heterocycles. The molecular weight excluding hydrogens is 408 g/mol. The molecule has 7 nitrogen and oxygen atoms in total. The van der Waals surface area contributed by atoms with Gasteiger partial charge in [-0.2, -0.15) is 0 Å². The molecule has 2 heterocycles. The summed E-state index contributed by atoms with van der Waals surface area (Å²) in [6.45, 7) is 3.03. The number of benzene rings is 2. The summed E-state index contributed by atoms with van der Waals surface area (Å²) in [5.74, 6) is -0.773. The average Bonchev–Trinajstić information content (AvgIpc) is 2.77. The molecule has 0 radical (unpaired) electrons. The number of carbonyl (C=O) groups is 2. The van der Waals surface area contributed by atoms with E-state index in [1.165, 1.54) is 13.0 Å².